The molecule has 0 saturated carbocycles. The molecule has 0 fully saturated rings. The van der Waals surface area contributed by atoms with Gasteiger partial charge in [-0.15, -0.1) is 5.11 Å². The number of azo groups is 1. The number of hydrogen-bond donors (Lipinski definition) is 1. The van der Waals surface area contributed by atoms with E-state index in [9.17, 15) is 18.0 Å². The van der Waals surface area contributed by atoms with E-state index in [-0.39, 0.29) is 5.69 Å². The lowest BCUT2D eigenvalue weighted by molar-refractivity contribution is -0.140. The number of nitrogens with zero attached hydrogens (tertiary/aromatic N) is 3. The molecule has 3 aromatic rings. The molecule has 0 unspecified atom stereocenters. The second-order valence-corrected chi connectivity index (χ2v) is 5.35. The van der Waals surface area contributed by atoms with Crippen LogP contribution in [0.4, 0.5) is 24.5 Å². The van der Waals surface area contributed by atoms with Crippen LogP contribution in [-0.2, 0) is 6.18 Å². The van der Waals surface area contributed by atoms with Gasteiger partial charge in [0.15, 0.2) is 11.4 Å². The highest BCUT2D eigenvalue weighted by Crippen LogP contribution is 2.34. The highest BCUT2D eigenvalue weighted by molar-refractivity contribution is 5.46. The van der Waals surface area contributed by atoms with E-state index in [2.05, 4.69) is 15.3 Å². The van der Waals surface area contributed by atoms with Gasteiger partial charge in [-0.05, 0) is 36.8 Å². The number of aromatic nitrogens is 2. The lowest BCUT2D eigenvalue weighted by Gasteiger charge is -2.04. The maximum absolute atomic E-state index is 13.3. The first-order valence-corrected chi connectivity index (χ1v) is 7.32. The SMILES string of the molecule is Cc1cccc(N=Nc2c(C(F)(F)F)[nH]n(-c3ccccc3)c2=O)c1. The number of benzene rings is 2. The van der Waals surface area contributed by atoms with Crippen LogP contribution in [0.3, 0.4) is 0 Å². The Balaban J connectivity index is 2.12. The summed E-state index contributed by atoms with van der Waals surface area (Å²) in [6.45, 7) is 1.82. The fraction of sp³-hybridized carbons (Fsp3) is 0.118. The summed E-state index contributed by atoms with van der Waals surface area (Å²) in [5, 5.41) is 9.42. The molecule has 0 aliphatic rings. The lowest BCUT2D eigenvalue weighted by atomic mass is 10.2. The molecule has 1 N–H and O–H groups in total. The fourth-order valence-electron chi connectivity index (χ4n) is 2.28. The third-order valence-corrected chi connectivity index (χ3v) is 3.43. The number of aromatic amines is 1. The number of hydrogen-bond acceptors (Lipinski definition) is 3. The number of aryl methyl sites for hydroxylation is 1. The van der Waals surface area contributed by atoms with Crippen molar-refractivity contribution in [1.29, 1.82) is 0 Å². The van der Waals surface area contributed by atoms with Gasteiger partial charge in [0.05, 0.1) is 11.4 Å². The van der Waals surface area contributed by atoms with Crippen LogP contribution >= 0.6 is 0 Å². The van der Waals surface area contributed by atoms with Crippen LogP contribution in [0.5, 0.6) is 0 Å². The molecule has 0 saturated heterocycles. The van der Waals surface area contributed by atoms with Crippen LogP contribution in [0.25, 0.3) is 5.69 Å². The van der Waals surface area contributed by atoms with Gasteiger partial charge in [0.1, 0.15) is 0 Å². The van der Waals surface area contributed by atoms with E-state index in [4.69, 9.17) is 0 Å². The quantitative estimate of drug-likeness (QED) is 0.673. The summed E-state index contributed by atoms with van der Waals surface area (Å²) >= 11 is 0. The molecule has 0 bridgehead atoms. The molecule has 0 aliphatic carbocycles. The van der Waals surface area contributed by atoms with Gasteiger partial charge >= 0.3 is 6.18 Å². The average molecular weight is 346 g/mol. The van der Waals surface area contributed by atoms with Crippen molar-refractivity contribution in [2.45, 2.75) is 13.1 Å². The molecular weight excluding hydrogens is 333 g/mol. The number of halogens is 3. The highest BCUT2D eigenvalue weighted by atomic mass is 19.4. The predicted molar refractivity (Wildman–Crippen MR) is 86.7 cm³/mol. The average Bonchev–Trinajstić information content (AvgIpc) is 2.91. The Kier molecular flexibility index (Phi) is 4.26. The molecule has 0 spiro atoms. The molecule has 0 atom stereocenters. The number of H-pyrrole nitrogens is 1. The van der Waals surface area contributed by atoms with Crippen molar-refractivity contribution >= 4 is 11.4 Å². The summed E-state index contributed by atoms with van der Waals surface area (Å²) in [7, 11) is 0. The molecular formula is C17H13F3N4O. The number of rotatable bonds is 3. The van der Waals surface area contributed by atoms with E-state index in [1.165, 1.54) is 12.1 Å². The van der Waals surface area contributed by atoms with Gasteiger partial charge < -0.3 is 0 Å². The fourth-order valence-corrected chi connectivity index (χ4v) is 2.28. The Hall–Kier alpha value is -3.16. The lowest BCUT2D eigenvalue weighted by Crippen LogP contribution is -2.13. The third kappa shape index (κ3) is 3.52. The van der Waals surface area contributed by atoms with Gasteiger partial charge in [-0.25, -0.2) is 4.68 Å². The van der Waals surface area contributed by atoms with Crippen LogP contribution in [0, 0.1) is 6.92 Å². The molecule has 0 radical (unpaired) electrons. The summed E-state index contributed by atoms with van der Waals surface area (Å²) in [4.78, 5) is 12.4. The van der Waals surface area contributed by atoms with E-state index in [1.54, 1.807) is 36.4 Å². The Bertz CT molecular complexity index is 972. The molecule has 8 heteroatoms. The zero-order valence-electron chi connectivity index (χ0n) is 13.1. The van der Waals surface area contributed by atoms with Crippen LogP contribution < -0.4 is 5.56 Å². The van der Waals surface area contributed by atoms with E-state index < -0.39 is 23.1 Å². The minimum atomic E-state index is -4.76. The smallest absolute Gasteiger partial charge is 0.284 e. The van der Waals surface area contributed by atoms with Crippen LogP contribution in [0.1, 0.15) is 11.3 Å². The summed E-state index contributed by atoms with van der Waals surface area (Å²) in [6.07, 6.45) is -4.76. The molecule has 0 aliphatic heterocycles. The summed E-state index contributed by atoms with van der Waals surface area (Å²) in [6, 6.07) is 14.7. The monoisotopic (exact) mass is 346 g/mol. The van der Waals surface area contributed by atoms with Gasteiger partial charge in [-0.2, -0.15) is 18.3 Å². The van der Waals surface area contributed by atoms with E-state index in [0.717, 1.165) is 10.2 Å². The van der Waals surface area contributed by atoms with Crippen molar-refractivity contribution in [1.82, 2.24) is 9.78 Å². The van der Waals surface area contributed by atoms with Crippen molar-refractivity contribution in [2.75, 3.05) is 0 Å². The molecule has 3 rings (SSSR count). The highest BCUT2D eigenvalue weighted by Gasteiger charge is 2.38. The van der Waals surface area contributed by atoms with Crippen molar-refractivity contribution in [3.05, 3.63) is 76.2 Å². The van der Waals surface area contributed by atoms with Gasteiger partial charge in [0.2, 0.25) is 0 Å². The standard InChI is InChI=1S/C17H13F3N4O/c1-11-6-5-7-12(10-11)21-22-14-15(17(18,19)20)23-24(16(14)25)13-8-3-2-4-9-13/h2-10,23H,1H3. The first kappa shape index (κ1) is 16.7. The van der Waals surface area contributed by atoms with E-state index in [0.29, 0.717) is 5.69 Å². The van der Waals surface area contributed by atoms with E-state index >= 15 is 0 Å². The molecule has 1 aromatic heterocycles. The normalized spacial score (nSPS) is 12.0. The summed E-state index contributed by atoms with van der Waals surface area (Å²) < 4.78 is 40.6. The van der Waals surface area contributed by atoms with Gasteiger partial charge in [0.25, 0.3) is 5.56 Å². The first-order valence-electron chi connectivity index (χ1n) is 7.32. The van der Waals surface area contributed by atoms with Crippen molar-refractivity contribution in [3.63, 3.8) is 0 Å². The number of nitrogens with one attached hydrogen (secondary N) is 1. The van der Waals surface area contributed by atoms with Gasteiger partial charge in [-0.1, -0.05) is 30.3 Å². The van der Waals surface area contributed by atoms with Crippen LogP contribution in [0.15, 0.2) is 69.6 Å². The Morgan fingerprint density at radius 3 is 2.36 bits per heavy atom. The predicted octanol–water partition coefficient (Wildman–Crippen LogP) is 4.91. The Morgan fingerprint density at radius 2 is 1.72 bits per heavy atom. The summed E-state index contributed by atoms with van der Waals surface area (Å²) in [5.41, 5.74) is -1.43. The van der Waals surface area contributed by atoms with Crippen molar-refractivity contribution in [3.8, 4) is 5.69 Å². The van der Waals surface area contributed by atoms with Gasteiger partial charge in [0, 0.05) is 0 Å². The molecule has 25 heavy (non-hydrogen) atoms. The topological polar surface area (TPSA) is 62.5 Å². The van der Waals surface area contributed by atoms with Crippen LogP contribution in [-0.4, -0.2) is 9.78 Å². The molecule has 5 nitrogen and oxygen atoms in total. The first-order chi connectivity index (χ1) is 11.9. The second-order valence-electron chi connectivity index (χ2n) is 5.35. The molecule has 2 aromatic carbocycles. The largest absolute Gasteiger partial charge is 0.435 e. The van der Waals surface area contributed by atoms with Crippen molar-refractivity contribution in [2.24, 2.45) is 10.2 Å². The molecule has 0 amide bonds. The Labute approximate surface area is 140 Å². The second kappa shape index (κ2) is 6.39. The van der Waals surface area contributed by atoms with Crippen molar-refractivity contribution < 1.29 is 13.2 Å². The van der Waals surface area contributed by atoms with E-state index in [1.807, 2.05) is 13.0 Å². The number of alkyl halides is 3. The summed E-state index contributed by atoms with van der Waals surface area (Å²) in [5.74, 6) is 0. The Morgan fingerprint density at radius 1 is 1.00 bits per heavy atom. The molecule has 1 heterocycles. The third-order valence-electron chi connectivity index (χ3n) is 3.43. The van der Waals surface area contributed by atoms with Gasteiger partial charge in [-0.3, -0.25) is 9.89 Å². The zero-order chi connectivity index (χ0) is 18.0. The minimum Gasteiger partial charge on any atom is -0.284 e. The molecule has 128 valence electrons. The number of para-hydroxylation sites is 1. The maximum Gasteiger partial charge on any atom is 0.435 e. The zero-order valence-corrected chi connectivity index (χ0v) is 13.1. The minimum absolute atomic E-state index is 0.273. The maximum atomic E-state index is 13.3. The van der Waals surface area contributed by atoms with Crippen LogP contribution in [0.2, 0.25) is 0 Å².